The van der Waals surface area contributed by atoms with Crippen LogP contribution in [0, 0.1) is 0 Å². The van der Waals surface area contributed by atoms with E-state index in [9.17, 15) is 18.0 Å². The van der Waals surface area contributed by atoms with Crippen molar-refractivity contribution in [2.45, 2.75) is 69.7 Å². The summed E-state index contributed by atoms with van der Waals surface area (Å²) in [6.07, 6.45) is 0.762. The molecule has 0 spiro atoms. The van der Waals surface area contributed by atoms with E-state index in [-0.39, 0.29) is 18.4 Å². The summed E-state index contributed by atoms with van der Waals surface area (Å²) in [4.78, 5) is 13.2. The number of rotatable bonds is 6. The number of carbonyl (C=O) groups is 1. The highest BCUT2D eigenvalue weighted by atomic mass is 19.4. The van der Waals surface area contributed by atoms with Gasteiger partial charge in [-0.25, -0.2) is 0 Å². The number of fused-ring (bicyclic) bond motifs is 2. The maximum absolute atomic E-state index is 13.9. The molecule has 5 nitrogen and oxygen atoms in total. The van der Waals surface area contributed by atoms with Crippen molar-refractivity contribution >= 4 is 5.97 Å². The normalized spacial score (nSPS) is 22.3. The Morgan fingerprint density at radius 2 is 1.83 bits per heavy atom. The first-order chi connectivity index (χ1) is 16.8. The van der Waals surface area contributed by atoms with Crippen molar-refractivity contribution in [2.75, 3.05) is 19.7 Å². The van der Waals surface area contributed by atoms with Crippen LogP contribution in [-0.2, 0) is 23.9 Å². The van der Waals surface area contributed by atoms with Crippen LogP contribution in [0.15, 0.2) is 30.3 Å². The van der Waals surface area contributed by atoms with E-state index in [4.69, 9.17) is 14.6 Å². The lowest BCUT2D eigenvalue weighted by Crippen LogP contribution is -2.26. The average molecular weight is 490 g/mol. The largest absolute Gasteiger partial charge is 0.492 e. The third kappa shape index (κ3) is 5.13. The maximum Gasteiger partial charge on any atom is 0.416 e. The van der Waals surface area contributed by atoms with E-state index in [0.29, 0.717) is 43.1 Å². The van der Waals surface area contributed by atoms with Crippen LogP contribution >= 0.6 is 0 Å². The molecular formula is C27H30F3NO4. The number of likely N-dealkylation sites (tertiary alicyclic amines) is 1. The van der Waals surface area contributed by atoms with Crippen LogP contribution in [0.2, 0.25) is 0 Å². The number of alkyl halides is 3. The summed E-state index contributed by atoms with van der Waals surface area (Å²) in [6, 6.07) is 8.18. The van der Waals surface area contributed by atoms with Gasteiger partial charge in [-0.05, 0) is 67.6 Å². The van der Waals surface area contributed by atoms with Gasteiger partial charge in [0, 0.05) is 24.1 Å². The second-order valence-corrected chi connectivity index (χ2v) is 9.80. The number of ether oxygens (including phenoxy) is 2. The molecule has 2 aliphatic heterocycles. The zero-order valence-electron chi connectivity index (χ0n) is 19.6. The van der Waals surface area contributed by atoms with E-state index in [1.165, 1.54) is 6.07 Å². The quantitative estimate of drug-likeness (QED) is 0.532. The van der Waals surface area contributed by atoms with Gasteiger partial charge in [-0.1, -0.05) is 25.0 Å². The van der Waals surface area contributed by atoms with Gasteiger partial charge in [0.1, 0.15) is 17.6 Å². The van der Waals surface area contributed by atoms with Gasteiger partial charge < -0.3 is 14.6 Å². The Balaban J connectivity index is 1.39. The van der Waals surface area contributed by atoms with Crippen LogP contribution in [0.25, 0.3) is 0 Å². The SMILES string of the molecule is O=C(O)C[C@@H]1COc2cc(O[C@@H]3CCc4c3ccc(C(F)(F)F)c4CN3CCCCCC3)ccc21. The lowest BCUT2D eigenvalue weighted by Gasteiger charge is -2.25. The lowest BCUT2D eigenvalue weighted by atomic mass is 9.96. The molecule has 2 heterocycles. The van der Waals surface area contributed by atoms with E-state index >= 15 is 0 Å². The number of aliphatic carboxylic acids is 1. The van der Waals surface area contributed by atoms with Crippen LogP contribution in [0.5, 0.6) is 11.5 Å². The van der Waals surface area contributed by atoms with Crippen molar-refractivity contribution in [3.05, 3.63) is 58.1 Å². The molecule has 188 valence electrons. The summed E-state index contributed by atoms with van der Waals surface area (Å²) >= 11 is 0. The van der Waals surface area contributed by atoms with Crippen LogP contribution < -0.4 is 9.47 Å². The highest BCUT2D eigenvalue weighted by Gasteiger charge is 2.38. The van der Waals surface area contributed by atoms with Crippen molar-refractivity contribution in [2.24, 2.45) is 0 Å². The summed E-state index contributed by atoms with van der Waals surface area (Å²) in [7, 11) is 0. The molecule has 0 aromatic heterocycles. The Morgan fingerprint density at radius 1 is 1.09 bits per heavy atom. The molecule has 0 saturated carbocycles. The highest BCUT2D eigenvalue weighted by molar-refractivity contribution is 5.68. The Morgan fingerprint density at radius 3 is 2.54 bits per heavy atom. The standard InChI is InChI=1S/C27H30F3NO4/c28-27(29,30)23-9-7-21-20(22(23)15-31-11-3-1-2-4-12-31)8-10-24(21)35-18-5-6-19-17(13-26(32)33)16-34-25(19)14-18/h5-7,9,14,17,24H,1-4,8,10-13,15-16H2,(H,32,33)/t17-,24-/m1/s1. The van der Waals surface area contributed by atoms with Crippen LogP contribution in [0.3, 0.4) is 0 Å². The number of carboxylic acids is 1. The summed E-state index contributed by atoms with van der Waals surface area (Å²) in [5, 5.41) is 9.09. The van der Waals surface area contributed by atoms with Crippen molar-refractivity contribution in [3.8, 4) is 11.5 Å². The molecule has 1 N–H and O–H groups in total. The summed E-state index contributed by atoms with van der Waals surface area (Å²) in [6.45, 7) is 2.30. The van der Waals surface area contributed by atoms with Gasteiger partial charge in [0.25, 0.3) is 0 Å². The summed E-state index contributed by atoms with van der Waals surface area (Å²) in [5.74, 6) is 0.127. The van der Waals surface area contributed by atoms with Crippen molar-refractivity contribution in [3.63, 3.8) is 0 Å². The minimum absolute atomic E-state index is 0.00450. The Bertz CT molecular complexity index is 1090. The topological polar surface area (TPSA) is 59.0 Å². The molecule has 8 heteroatoms. The van der Waals surface area contributed by atoms with E-state index in [0.717, 1.165) is 55.5 Å². The number of halogens is 3. The number of carboxylic acid groups (broad SMARTS) is 1. The molecule has 1 fully saturated rings. The molecule has 2 aromatic carbocycles. The van der Waals surface area contributed by atoms with Gasteiger partial charge in [-0.15, -0.1) is 0 Å². The van der Waals surface area contributed by atoms with Gasteiger partial charge in [-0.3, -0.25) is 9.69 Å². The van der Waals surface area contributed by atoms with E-state index in [2.05, 4.69) is 4.90 Å². The Kier molecular flexibility index (Phi) is 6.66. The molecular weight excluding hydrogens is 459 g/mol. The molecule has 35 heavy (non-hydrogen) atoms. The fourth-order valence-electron chi connectivity index (χ4n) is 5.70. The number of nitrogens with zero attached hydrogens (tertiary/aromatic N) is 1. The molecule has 1 aliphatic carbocycles. The van der Waals surface area contributed by atoms with Gasteiger partial charge in [-0.2, -0.15) is 13.2 Å². The molecule has 0 unspecified atom stereocenters. The van der Waals surface area contributed by atoms with Crippen molar-refractivity contribution in [1.82, 2.24) is 4.90 Å². The van der Waals surface area contributed by atoms with E-state index in [1.807, 2.05) is 6.07 Å². The second kappa shape index (κ2) is 9.72. The molecule has 1 saturated heterocycles. The van der Waals surface area contributed by atoms with Crippen molar-refractivity contribution in [1.29, 1.82) is 0 Å². The maximum atomic E-state index is 13.9. The summed E-state index contributed by atoms with van der Waals surface area (Å²) in [5.41, 5.74) is 2.32. The highest BCUT2D eigenvalue weighted by Crippen LogP contribution is 2.44. The van der Waals surface area contributed by atoms with Gasteiger partial charge in [0.05, 0.1) is 18.6 Å². The number of hydrogen-bond acceptors (Lipinski definition) is 4. The molecule has 2 aromatic rings. The predicted octanol–water partition coefficient (Wildman–Crippen LogP) is 6.10. The fraction of sp³-hybridized carbons (Fsp3) is 0.519. The molecule has 3 aliphatic rings. The number of hydrogen-bond donors (Lipinski definition) is 1. The molecule has 0 bridgehead atoms. The average Bonchev–Trinajstić information content (AvgIpc) is 3.28. The molecule has 0 amide bonds. The third-order valence-electron chi connectivity index (χ3n) is 7.42. The molecule has 5 rings (SSSR count). The predicted molar refractivity (Wildman–Crippen MR) is 124 cm³/mol. The van der Waals surface area contributed by atoms with Crippen LogP contribution in [-0.4, -0.2) is 35.7 Å². The fourth-order valence-corrected chi connectivity index (χ4v) is 5.70. The first kappa shape index (κ1) is 24.0. The first-order valence-electron chi connectivity index (χ1n) is 12.4. The van der Waals surface area contributed by atoms with Crippen LogP contribution in [0.4, 0.5) is 13.2 Å². The zero-order valence-corrected chi connectivity index (χ0v) is 19.6. The van der Waals surface area contributed by atoms with E-state index < -0.39 is 17.7 Å². The smallest absolute Gasteiger partial charge is 0.416 e. The zero-order chi connectivity index (χ0) is 24.6. The monoisotopic (exact) mass is 489 g/mol. The van der Waals surface area contributed by atoms with Crippen molar-refractivity contribution < 1.29 is 32.5 Å². The van der Waals surface area contributed by atoms with Crippen LogP contribution in [0.1, 0.15) is 78.4 Å². The number of benzene rings is 2. The minimum Gasteiger partial charge on any atom is -0.492 e. The van der Waals surface area contributed by atoms with Gasteiger partial charge >= 0.3 is 12.1 Å². The van der Waals surface area contributed by atoms with E-state index in [1.54, 1.807) is 18.2 Å². The summed E-state index contributed by atoms with van der Waals surface area (Å²) < 4.78 is 53.7. The van der Waals surface area contributed by atoms with Gasteiger partial charge in [0.2, 0.25) is 0 Å². The first-order valence-corrected chi connectivity index (χ1v) is 12.4. The molecule has 0 radical (unpaired) electrons. The Hall–Kier alpha value is -2.74. The third-order valence-corrected chi connectivity index (χ3v) is 7.42. The minimum atomic E-state index is -4.39. The lowest BCUT2D eigenvalue weighted by molar-refractivity contribution is -0.139. The second-order valence-electron chi connectivity index (χ2n) is 9.80. The Labute approximate surface area is 202 Å². The van der Waals surface area contributed by atoms with Gasteiger partial charge in [0.15, 0.2) is 0 Å². The molecule has 2 atom stereocenters.